The Balaban J connectivity index is 1.38. The largest absolute Gasteiger partial charge is 0.394 e. The second-order valence-corrected chi connectivity index (χ2v) is 12.8. The van der Waals surface area contributed by atoms with E-state index in [2.05, 4.69) is 25.9 Å². The van der Waals surface area contributed by atoms with E-state index in [-0.39, 0.29) is 35.9 Å². The van der Waals surface area contributed by atoms with Gasteiger partial charge in [0.1, 0.15) is 11.6 Å². The van der Waals surface area contributed by atoms with Gasteiger partial charge in [0.25, 0.3) is 0 Å². The van der Waals surface area contributed by atoms with Crippen LogP contribution in [0.2, 0.25) is 0 Å². The van der Waals surface area contributed by atoms with Gasteiger partial charge in [0.05, 0.1) is 27.4 Å². The predicted octanol–water partition coefficient (Wildman–Crippen LogP) is 5.91. The molecule has 2 atom stereocenters. The predicted molar refractivity (Wildman–Crippen MR) is 163 cm³/mol. The molecule has 1 aliphatic carbocycles. The maximum atomic E-state index is 15.3. The molecular formula is C31H33FN6O3S. The number of hydrogen-bond donors (Lipinski definition) is 5. The van der Waals surface area contributed by atoms with Gasteiger partial charge >= 0.3 is 0 Å². The minimum Gasteiger partial charge on any atom is -0.394 e. The molecule has 1 saturated carbocycles. The minimum absolute atomic E-state index is 0.0894. The number of carbonyl (C=O) groups is 1. The number of aliphatic hydroxyl groups excluding tert-OH is 1. The third-order valence-electron chi connectivity index (χ3n) is 7.38. The molecule has 42 heavy (non-hydrogen) atoms. The Morgan fingerprint density at radius 1 is 1.12 bits per heavy atom. The van der Waals surface area contributed by atoms with Crippen LogP contribution in [0.1, 0.15) is 32.3 Å². The lowest BCUT2D eigenvalue weighted by Gasteiger charge is -2.18. The van der Waals surface area contributed by atoms with Crippen LogP contribution in [0.25, 0.3) is 11.1 Å². The summed E-state index contributed by atoms with van der Waals surface area (Å²) < 4.78 is 35.6. The van der Waals surface area contributed by atoms with Crippen molar-refractivity contribution in [3.05, 3.63) is 90.4 Å². The molecule has 1 amide bonds. The smallest absolute Gasteiger partial charge is 0.235 e. The SMILES string of the molecule is CCS(=N)(=O)c1ccc(Nc2ncc(-c3ccc(NC(=O)C4(c5ccccc5)CC4)c(F)c3)c(NC(C)CO)n2)cc1. The Morgan fingerprint density at radius 3 is 2.45 bits per heavy atom. The Kier molecular flexibility index (Phi) is 8.24. The summed E-state index contributed by atoms with van der Waals surface area (Å²) in [5, 5.41) is 18.6. The fourth-order valence-corrected chi connectivity index (χ4v) is 5.56. The van der Waals surface area contributed by atoms with Crippen molar-refractivity contribution in [1.29, 1.82) is 4.78 Å². The zero-order chi connectivity index (χ0) is 29.9. The van der Waals surface area contributed by atoms with Gasteiger partial charge in [-0.05, 0) is 67.3 Å². The van der Waals surface area contributed by atoms with Crippen molar-refractivity contribution in [3.8, 4) is 11.1 Å². The number of aromatic nitrogens is 2. The molecule has 1 fully saturated rings. The third-order valence-corrected chi connectivity index (χ3v) is 9.23. The molecule has 11 heteroatoms. The first kappa shape index (κ1) is 29.2. The number of amides is 1. The molecule has 218 valence electrons. The van der Waals surface area contributed by atoms with E-state index >= 15 is 4.39 Å². The van der Waals surface area contributed by atoms with Gasteiger partial charge in [0.15, 0.2) is 0 Å². The Bertz CT molecular complexity index is 1690. The molecule has 1 aliphatic rings. The highest BCUT2D eigenvalue weighted by Crippen LogP contribution is 2.49. The summed E-state index contributed by atoms with van der Waals surface area (Å²) in [5.74, 6) is 0.0340. The van der Waals surface area contributed by atoms with Gasteiger partial charge in [-0.15, -0.1) is 0 Å². The van der Waals surface area contributed by atoms with Crippen LogP contribution in [-0.4, -0.2) is 43.6 Å². The zero-order valence-corrected chi connectivity index (χ0v) is 24.2. The van der Waals surface area contributed by atoms with E-state index in [0.717, 1.165) is 5.56 Å². The molecule has 2 unspecified atom stereocenters. The molecule has 3 aromatic carbocycles. The molecule has 0 saturated heterocycles. The van der Waals surface area contributed by atoms with Crippen LogP contribution >= 0.6 is 0 Å². The monoisotopic (exact) mass is 588 g/mol. The van der Waals surface area contributed by atoms with E-state index in [1.54, 1.807) is 50.4 Å². The first-order valence-corrected chi connectivity index (χ1v) is 15.4. The molecule has 5 rings (SSSR count). The lowest BCUT2D eigenvalue weighted by Crippen LogP contribution is -2.28. The zero-order valence-electron chi connectivity index (χ0n) is 23.4. The summed E-state index contributed by atoms with van der Waals surface area (Å²) in [4.78, 5) is 22.5. The molecule has 4 aromatic rings. The first-order valence-electron chi connectivity index (χ1n) is 13.7. The Morgan fingerprint density at radius 2 is 1.83 bits per heavy atom. The molecular weight excluding hydrogens is 555 g/mol. The van der Waals surface area contributed by atoms with Crippen molar-refractivity contribution < 1.29 is 18.5 Å². The van der Waals surface area contributed by atoms with Crippen LogP contribution < -0.4 is 16.0 Å². The average Bonchev–Trinajstić information content (AvgIpc) is 3.81. The number of aliphatic hydroxyl groups is 1. The average molecular weight is 589 g/mol. The van der Waals surface area contributed by atoms with Gasteiger partial charge in [0, 0.05) is 34.1 Å². The van der Waals surface area contributed by atoms with Crippen molar-refractivity contribution in [2.24, 2.45) is 0 Å². The van der Waals surface area contributed by atoms with Gasteiger partial charge in [0.2, 0.25) is 11.9 Å². The fourth-order valence-electron chi connectivity index (χ4n) is 4.65. The highest BCUT2D eigenvalue weighted by molar-refractivity contribution is 7.92. The summed E-state index contributed by atoms with van der Waals surface area (Å²) >= 11 is 0. The molecule has 0 bridgehead atoms. The lowest BCUT2D eigenvalue weighted by atomic mass is 9.95. The number of halogens is 1. The van der Waals surface area contributed by atoms with Crippen molar-refractivity contribution >= 4 is 38.8 Å². The number of nitrogens with one attached hydrogen (secondary N) is 4. The summed E-state index contributed by atoms with van der Waals surface area (Å²) in [6.07, 6.45) is 2.98. The van der Waals surface area contributed by atoms with Crippen LogP contribution in [0.15, 0.2) is 83.9 Å². The second kappa shape index (κ2) is 11.9. The maximum Gasteiger partial charge on any atom is 0.235 e. The Labute approximate surface area is 244 Å². The number of rotatable bonds is 11. The second-order valence-electron chi connectivity index (χ2n) is 10.4. The highest BCUT2D eigenvalue weighted by Gasteiger charge is 2.51. The molecule has 0 spiro atoms. The van der Waals surface area contributed by atoms with Crippen LogP contribution in [0.3, 0.4) is 0 Å². The Hall–Kier alpha value is -4.35. The van der Waals surface area contributed by atoms with E-state index in [4.69, 9.17) is 4.78 Å². The summed E-state index contributed by atoms with van der Waals surface area (Å²) in [5.41, 5.74) is 2.01. The van der Waals surface area contributed by atoms with Crippen LogP contribution in [-0.2, 0) is 19.9 Å². The summed E-state index contributed by atoms with van der Waals surface area (Å²) in [7, 11) is -2.82. The molecule has 1 aromatic heterocycles. The van der Waals surface area contributed by atoms with Gasteiger partial charge < -0.3 is 21.1 Å². The van der Waals surface area contributed by atoms with Crippen LogP contribution in [0, 0.1) is 10.6 Å². The third kappa shape index (κ3) is 6.12. The number of anilines is 4. The quantitative estimate of drug-likeness (QED) is 0.147. The van der Waals surface area contributed by atoms with Gasteiger partial charge in [-0.3, -0.25) is 4.79 Å². The number of benzene rings is 3. The summed E-state index contributed by atoms with van der Waals surface area (Å²) in [6.45, 7) is 3.34. The molecule has 9 nitrogen and oxygen atoms in total. The van der Waals surface area contributed by atoms with Gasteiger partial charge in [-0.25, -0.2) is 18.4 Å². The number of carbonyl (C=O) groups excluding carboxylic acids is 1. The maximum absolute atomic E-state index is 15.3. The van der Waals surface area contributed by atoms with Gasteiger partial charge in [-0.2, -0.15) is 4.98 Å². The van der Waals surface area contributed by atoms with E-state index in [1.807, 2.05) is 30.3 Å². The van der Waals surface area contributed by atoms with Crippen molar-refractivity contribution in [1.82, 2.24) is 9.97 Å². The fraction of sp³-hybridized carbons (Fsp3) is 0.258. The van der Waals surface area contributed by atoms with E-state index < -0.39 is 21.0 Å². The van der Waals surface area contributed by atoms with Crippen LogP contribution in [0.4, 0.5) is 27.5 Å². The molecule has 5 N–H and O–H groups in total. The first-order chi connectivity index (χ1) is 20.1. The van der Waals surface area contributed by atoms with E-state index in [0.29, 0.717) is 40.4 Å². The normalized spacial score (nSPS) is 15.7. The standard InChI is InChI=1S/C31H33FN6O3S/c1-3-42(33,41)24-12-10-23(11-13-24)36-30-34-18-25(28(38-30)35-20(2)19-39)21-9-14-27(26(32)17-21)37-29(40)31(15-16-31)22-7-5-4-6-8-22/h4-14,17-18,20,33,39H,3,15-16,19H2,1-2H3,(H,37,40)(H2,34,35,36,38). The van der Waals surface area contributed by atoms with Crippen molar-refractivity contribution in [2.45, 2.75) is 43.0 Å². The number of hydrogen-bond acceptors (Lipinski definition) is 8. The molecule has 0 radical (unpaired) electrons. The van der Waals surface area contributed by atoms with Crippen molar-refractivity contribution in [2.75, 3.05) is 28.3 Å². The van der Waals surface area contributed by atoms with Gasteiger partial charge in [-0.1, -0.05) is 43.3 Å². The highest BCUT2D eigenvalue weighted by atomic mass is 32.2. The minimum atomic E-state index is -2.82. The number of nitrogens with zero attached hydrogens (tertiary/aromatic N) is 2. The lowest BCUT2D eigenvalue weighted by molar-refractivity contribution is -0.118. The van der Waals surface area contributed by atoms with E-state index in [9.17, 15) is 14.1 Å². The van der Waals surface area contributed by atoms with E-state index in [1.165, 1.54) is 12.1 Å². The molecule has 0 aliphatic heterocycles. The molecule has 1 heterocycles. The summed E-state index contributed by atoms with van der Waals surface area (Å²) in [6, 6.07) is 20.4. The van der Waals surface area contributed by atoms with Crippen LogP contribution in [0.5, 0.6) is 0 Å². The topological polar surface area (TPSA) is 140 Å². The van der Waals surface area contributed by atoms with Crippen molar-refractivity contribution in [3.63, 3.8) is 0 Å².